The average Bonchev–Trinajstić information content (AvgIpc) is 3.39. The van der Waals surface area contributed by atoms with Crippen molar-refractivity contribution in [3.8, 4) is 0 Å². The van der Waals surface area contributed by atoms with Crippen LogP contribution in [0.15, 0.2) is 58.1 Å². The van der Waals surface area contributed by atoms with Crippen molar-refractivity contribution in [2.45, 2.75) is 37.5 Å². The van der Waals surface area contributed by atoms with Gasteiger partial charge in [-0.2, -0.15) is 0 Å². The van der Waals surface area contributed by atoms with Gasteiger partial charge in [-0.15, -0.1) is 24.0 Å². The van der Waals surface area contributed by atoms with Gasteiger partial charge in [0.15, 0.2) is 5.96 Å². The molecule has 29 heavy (non-hydrogen) atoms. The van der Waals surface area contributed by atoms with E-state index in [2.05, 4.69) is 41.0 Å². The number of hydrogen-bond acceptors (Lipinski definition) is 3. The van der Waals surface area contributed by atoms with Gasteiger partial charge in [0.1, 0.15) is 5.76 Å². The molecule has 2 heterocycles. The van der Waals surface area contributed by atoms with E-state index in [0.29, 0.717) is 5.92 Å². The summed E-state index contributed by atoms with van der Waals surface area (Å²) >= 11 is 0. The van der Waals surface area contributed by atoms with Crippen molar-refractivity contribution in [3.05, 3.63) is 60.1 Å². The Morgan fingerprint density at radius 3 is 2.62 bits per heavy atom. The Labute approximate surface area is 190 Å². The van der Waals surface area contributed by atoms with E-state index in [-0.39, 0.29) is 29.4 Å². The first kappa shape index (κ1) is 22.2. The van der Waals surface area contributed by atoms with Gasteiger partial charge in [-0.1, -0.05) is 36.8 Å². The maximum Gasteiger partial charge on any atom is 0.191 e. The van der Waals surface area contributed by atoms with Crippen LogP contribution in [0.3, 0.4) is 0 Å². The Kier molecular flexibility index (Phi) is 8.41. The molecule has 1 saturated heterocycles. The zero-order valence-corrected chi connectivity index (χ0v) is 19.3. The number of hydrogen-bond donors (Lipinski definition) is 2. The Morgan fingerprint density at radius 1 is 1.10 bits per heavy atom. The minimum atomic E-state index is 0. The fraction of sp³-hybridized carbons (Fsp3) is 0.522. The van der Waals surface area contributed by atoms with Crippen LogP contribution in [0.5, 0.6) is 0 Å². The molecule has 1 aliphatic heterocycles. The van der Waals surface area contributed by atoms with E-state index in [1.165, 1.54) is 24.8 Å². The van der Waals surface area contributed by atoms with Crippen molar-refractivity contribution in [1.82, 2.24) is 10.6 Å². The molecule has 4 rings (SSSR count). The number of nitrogens with one attached hydrogen (secondary N) is 2. The highest BCUT2D eigenvalue weighted by Crippen LogP contribution is 2.43. The van der Waals surface area contributed by atoms with E-state index in [1.807, 2.05) is 12.1 Å². The second kappa shape index (κ2) is 11.0. The van der Waals surface area contributed by atoms with Crippen molar-refractivity contribution >= 4 is 29.9 Å². The molecule has 158 valence electrons. The highest BCUT2D eigenvalue weighted by Gasteiger charge is 2.38. The molecule has 1 unspecified atom stereocenters. The standard InChI is InChI=1S/C23H31N3O2.HI/c1-2-6-20(7-3-1)23(11-5-12-23)18-26-22(25-16-19-10-15-27-17-19)24-13-9-21-8-4-14-28-21;/h1-4,6-8,14,19H,5,9-13,15-18H2,(H2,24,25,26);1H. The summed E-state index contributed by atoms with van der Waals surface area (Å²) in [5, 5.41) is 7.03. The highest BCUT2D eigenvalue weighted by atomic mass is 127. The molecule has 1 atom stereocenters. The fourth-order valence-corrected chi connectivity index (χ4v) is 4.08. The lowest BCUT2D eigenvalue weighted by molar-refractivity contribution is 0.186. The third kappa shape index (κ3) is 5.98. The van der Waals surface area contributed by atoms with Crippen molar-refractivity contribution < 1.29 is 9.15 Å². The molecular formula is C23H32IN3O2. The van der Waals surface area contributed by atoms with Crippen LogP contribution in [-0.4, -0.2) is 38.8 Å². The van der Waals surface area contributed by atoms with Gasteiger partial charge in [0.25, 0.3) is 0 Å². The van der Waals surface area contributed by atoms with E-state index in [0.717, 1.165) is 57.4 Å². The average molecular weight is 509 g/mol. The Morgan fingerprint density at radius 2 is 1.97 bits per heavy atom. The third-order valence-corrected chi connectivity index (χ3v) is 6.06. The normalized spacial score (nSPS) is 20.6. The lowest BCUT2D eigenvalue weighted by Crippen LogP contribution is -2.43. The molecule has 0 bridgehead atoms. The molecule has 1 aromatic carbocycles. The SMILES string of the molecule is I.c1ccc(C2(CN=C(NCCc3ccco3)NCC3CCOC3)CCC2)cc1. The highest BCUT2D eigenvalue weighted by molar-refractivity contribution is 14.0. The molecule has 5 nitrogen and oxygen atoms in total. The van der Waals surface area contributed by atoms with Crippen LogP contribution in [0.25, 0.3) is 0 Å². The van der Waals surface area contributed by atoms with Crippen molar-refractivity contribution in [2.75, 3.05) is 32.8 Å². The van der Waals surface area contributed by atoms with Crippen LogP contribution in [0, 0.1) is 5.92 Å². The summed E-state index contributed by atoms with van der Waals surface area (Å²) in [6.07, 6.45) is 7.43. The number of benzene rings is 1. The first-order valence-electron chi connectivity index (χ1n) is 10.5. The molecule has 6 heteroatoms. The summed E-state index contributed by atoms with van der Waals surface area (Å²) in [7, 11) is 0. The number of halogens is 1. The third-order valence-electron chi connectivity index (χ3n) is 6.06. The Balaban J connectivity index is 0.00000240. The van der Waals surface area contributed by atoms with Crippen molar-refractivity contribution in [1.29, 1.82) is 0 Å². The minimum absolute atomic E-state index is 0. The summed E-state index contributed by atoms with van der Waals surface area (Å²) in [5.74, 6) is 2.47. The number of furan rings is 1. The molecule has 1 saturated carbocycles. The first-order valence-corrected chi connectivity index (χ1v) is 10.5. The van der Waals surface area contributed by atoms with Crippen LogP contribution in [-0.2, 0) is 16.6 Å². The summed E-state index contributed by atoms with van der Waals surface area (Å²) < 4.78 is 10.9. The van der Waals surface area contributed by atoms with Gasteiger partial charge >= 0.3 is 0 Å². The lowest BCUT2D eigenvalue weighted by atomic mass is 9.64. The number of rotatable bonds is 8. The largest absolute Gasteiger partial charge is 0.469 e. The maximum atomic E-state index is 5.51. The number of guanidine groups is 1. The van der Waals surface area contributed by atoms with Crippen molar-refractivity contribution in [2.24, 2.45) is 10.9 Å². The Hall–Kier alpha value is -1.54. The van der Waals surface area contributed by atoms with Gasteiger partial charge in [0, 0.05) is 37.5 Å². The molecule has 2 aliphatic rings. The monoisotopic (exact) mass is 509 g/mol. The lowest BCUT2D eigenvalue weighted by Gasteiger charge is -2.41. The number of nitrogens with zero attached hydrogens (tertiary/aromatic N) is 1. The predicted octanol–water partition coefficient (Wildman–Crippen LogP) is 4.13. The van der Waals surface area contributed by atoms with E-state index in [1.54, 1.807) is 6.26 Å². The second-order valence-corrected chi connectivity index (χ2v) is 8.03. The Bertz CT molecular complexity index is 739. The predicted molar refractivity (Wildman–Crippen MR) is 127 cm³/mol. The first-order chi connectivity index (χ1) is 13.8. The quantitative estimate of drug-likeness (QED) is 0.319. The van der Waals surface area contributed by atoms with Gasteiger partial charge < -0.3 is 19.8 Å². The van der Waals surface area contributed by atoms with Crippen LogP contribution >= 0.6 is 24.0 Å². The number of aliphatic imine (C=N–C) groups is 1. The van der Waals surface area contributed by atoms with Crippen LogP contribution in [0.1, 0.15) is 37.0 Å². The summed E-state index contributed by atoms with van der Waals surface area (Å²) in [5.41, 5.74) is 1.62. The molecule has 2 aromatic rings. The molecule has 1 aliphatic carbocycles. The van der Waals surface area contributed by atoms with Crippen LogP contribution in [0.2, 0.25) is 0 Å². The maximum absolute atomic E-state index is 5.51. The van der Waals surface area contributed by atoms with E-state index in [4.69, 9.17) is 14.1 Å². The summed E-state index contributed by atoms with van der Waals surface area (Å²) in [4.78, 5) is 5.00. The van der Waals surface area contributed by atoms with Gasteiger partial charge in [-0.3, -0.25) is 4.99 Å². The smallest absolute Gasteiger partial charge is 0.191 e. The topological polar surface area (TPSA) is 58.8 Å². The molecular weight excluding hydrogens is 477 g/mol. The van der Waals surface area contributed by atoms with E-state index >= 15 is 0 Å². The van der Waals surface area contributed by atoms with E-state index < -0.39 is 0 Å². The van der Waals surface area contributed by atoms with Gasteiger partial charge in [0.05, 0.1) is 19.4 Å². The second-order valence-electron chi connectivity index (χ2n) is 8.03. The molecule has 0 radical (unpaired) electrons. The van der Waals surface area contributed by atoms with Gasteiger partial charge in [0.2, 0.25) is 0 Å². The van der Waals surface area contributed by atoms with Crippen LogP contribution in [0.4, 0.5) is 0 Å². The molecule has 2 fully saturated rings. The number of ether oxygens (including phenoxy) is 1. The molecule has 0 spiro atoms. The summed E-state index contributed by atoms with van der Waals surface area (Å²) in [6, 6.07) is 14.8. The van der Waals surface area contributed by atoms with Crippen LogP contribution < -0.4 is 10.6 Å². The zero-order valence-electron chi connectivity index (χ0n) is 16.9. The molecule has 1 aromatic heterocycles. The molecule has 0 amide bonds. The minimum Gasteiger partial charge on any atom is -0.469 e. The molecule has 2 N–H and O–H groups in total. The fourth-order valence-electron chi connectivity index (χ4n) is 4.08. The van der Waals surface area contributed by atoms with Crippen molar-refractivity contribution in [3.63, 3.8) is 0 Å². The zero-order chi connectivity index (χ0) is 19.1. The van der Waals surface area contributed by atoms with Gasteiger partial charge in [-0.05, 0) is 37.0 Å². The van der Waals surface area contributed by atoms with E-state index in [9.17, 15) is 0 Å². The summed E-state index contributed by atoms with van der Waals surface area (Å²) in [6.45, 7) is 4.26. The van der Waals surface area contributed by atoms with Gasteiger partial charge in [-0.25, -0.2) is 0 Å².